The lowest BCUT2D eigenvalue weighted by molar-refractivity contribution is -0.141. The maximum atomic E-state index is 14.3. The van der Waals surface area contributed by atoms with Gasteiger partial charge in [0.1, 0.15) is 11.9 Å². The second kappa shape index (κ2) is 11.1. The first-order chi connectivity index (χ1) is 14.2. The van der Waals surface area contributed by atoms with Crippen molar-refractivity contribution in [1.29, 1.82) is 0 Å². The average molecular weight is 433 g/mol. The Labute approximate surface area is 183 Å². The molecule has 0 aromatic heterocycles. The quantitative estimate of drug-likeness (QED) is 0.612. The molecule has 4 nitrogen and oxygen atoms in total. The van der Waals surface area contributed by atoms with Gasteiger partial charge in [-0.15, -0.1) is 0 Å². The predicted octanol–water partition coefficient (Wildman–Crippen LogP) is 4.91. The van der Waals surface area contributed by atoms with Gasteiger partial charge in [-0.3, -0.25) is 9.59 Å². The van der Waals surface area contributed by atoms with Crippen molar-refractivity contribution in [3.05, 3.63) is 70.0 Å². The molecular weight excluding hydrogens is 403 g/mol. The molecule has 0 aliphatic rings. The molecule has 2 amide bonds. The Kier molecular flexibility index (Phi) is 8.85. The minimum Gasteiger partial charge on any atom is -0.354 e. The third-order valence-electron chi connectivity index (χ3n) is 4.90. The van der Waals surface area contributed by atoms with E-state index in [9.17, 15) is 14.0 Å². The number of rotatable bonds is 9. The van der Waals surface area contributed by atoms with Crippen LogP contribution in [-0.4, -0.2) is 29.3 Å². The zero-order valence-electron chi connectivity index (χ0n) is 18.0. The van der Waals surface area contributed by atoms with Crippen molar-refractivity contribution < 1.29 is 14.0 Å². The van der Waals surface area contributed by atoms with E-state index in [0.717, 1.165) is 11.1 Å². The van der Waals surface area contributed by atoms with Crippen molar-refractivity contribution in [3.8, 4) is 0 Å². The first-order valence-corrected chi connectivity index (χ1v) is 10.7. The molecule has 162 valence electrons. The van der Waals surface area contributed by atoms with Gasteiger partial charge in [-0.1, -0.05) is 68.3 Å². The van der Waals surface area contributed by atoms with Crippen LogP contribution >= 0.6 is 11.6 Å². The van der Waals surface area contributed by atoms with Crippen molar-refractivity contribution in [3.63, 3.8) is 0 Å². The molecule has 2 aromatic carbocycles. The molecule has 0 aliphatic heterocycles. The Morgan fingerprint density at radius 2 is 1.87 bits per heavy atom. The van der Waals surface area contributed by atoms with Crippen LogP contribution in [0.25, 0.3) is 0 Å². The van der Waals surface area contributed by atoms with Crippen LogP contribution in [0, 0.1) is 18.7 Å². The predicted molar refractivity (Wildman–Crippen MR) is 119 cm³/mol. The number of hydrogen-bond acceptors (Lipinski definition) is 2. The van der Waals surface area contributed by atoms with Crippen LogP contribution in [0.15, 0.2) is 42.5 Å². The van der Waals surface area contributed by atoms with Crippen molar-refractivity contribution >= 4 is 23.4 Å². The van der Waals surface area contributed by atoms with Crippen LogP contribution in [0.4, 0.5) is 4.39 Å². The normalized spacial score (nSPS) is 12.0. The van der Waals surface area contributed by atoms with Crippen LogP contribution < -0.4 is 5.32 Å². The maximum absolute atomic E-state index is 14.3. The molecule has 1 atom stereocenters. The summed E-state index contributed by atoms with van der Waals surface area (Å²) >= 11 is 6.13. The van der Waals surface area contributed by atoms with Crippen LogP contribution in [0.1, 0.15) is 43.9 Å². The number of aryl methyl sites for hydroxylation is 1. The van der Waals surface area contributed by atoms with E-state index in [4.69, 9.17) is 11.6 Å². The number of amides is 2. The van der Waals surface area contributed by atoms with Gasteiger partial charge in [0.2, 0.25) is 11.8 Å². The summed E-state index contributed by atoms with van der Waals surface area (Å²) in [5.74, 6) is -0.768. The standard InChI is InChI=1S/C24H30ClFN2O2/c1-5-22(24(30)27-14-16(2)3)28(15-18-9-6-8-17(4)12-18)23(29)13-19-20(25)10-7-11-21(19)26/h6-12,16,22H,5,13-15H2,1-4H3,(H,27,30)/t22-/m0/s1. The molecule has 0 unspecified atom stereocenters. The van der Waals surface area contributed by atoms with Crippen molar-refractivity contribution in [1.82, 2.24) is 10.2 Å². The lowest BCUT2D eigenvalue weighted by Gasteiger charge is -2.31. The number of carbonyl (C=O) groups excluding carboxylic acids is 2. The summed E-state index contributed by atoms with van der Waals surface area (Å²) in [6.45, 7) is 8.66. The summed E-state index contributed by atoms with van der Waals surface area (Å²) in [5.41, 5.74) is 2.13. The van der Waals surface area contributed by atoms with Crippen LogP contribution in [0.2, 0.25) is 5.02 Å². The lowest BCUT2D eigenvalue weighted by Crippen LogP contribution is -2.50. The molecule has 1 N–H and O–H groups in total. The smallest absolute Gasteiger partial charge is 0.242 e. The molecule has 0 saturated heterocycles. The molecule has 30 heavy (non-hydrogen) atoms. The monoisotopic (exact) mass is 432 g/mol. The summed E-state index contributed by atoms with van der Waals surface area (Å²) in [5, 5.41) is 3.12. The van der Waals surface area contributed by atoms with E-state index < -0.39 is 11.9 Å². The average Bonchev–Trinajstić information content (AvgIpc) is 2.69. The summed E-state index contributed by atoms with van der Waals surface area (Å²) in [6.07, 6.45) is 0.248. The second-order valence-corrected chi connectivity index (χ2v) is 8.36. The summed E-state index contributed by atoms with van der Waals surface area (Å²) in [7, 11) is 0. The maximum Gasteiger partial charge on any atom is 0.242 e. The Hall–Kier alpha value is -2.40. The molecule has 0 spiro atoms. The summed E-state index contributed by atoms with van der Waals surface area (Å²) < 4.78 is 14.3. The number of carbonyl (C=O) groups is 2. The van der Waals surface area contributed by atoms with Gasteiger partial charge in [0.25, 0.3) is 0 Å². The van der Waals surface area contributed by atoms with Gasteiger partial charge in [-0.05, 0) is 37.0 Å². The Bertz CT molecular complexity index is 865. The fourth-order valence-electron chi connectivity index (χ4n) is 3.30. The van der Waals surface area contributed by atoms with E-state index in [-0.39, 0.29) is 35.4 Å². The minimum absolute atomic E-state index is 0.149. The topological polar surface area (TPSA) is 49.4 Å². The third kappa shape index (κ3) is 6.56. The fourth-order valence-corrected chi connectivity index (χ4v) is 3.53. The van der Waals surface area contributed by atoms with Crippen molar-refractivity contribution in [2.75, 3.05) is 6.54 Å². The van der Waals surface area contributed by atoms with Gasteiger partial charge in [-0.2, -0.15) is 0 Å². The van der Waals surface area contributed by atoms with Crippen LogP contribution in [0.5, 0.6) is 0 Å². The minimum atomic E-state index is -0.651. The van der Waals surface area contributed by atoms with Gasteiger partial charge >= 0.3 is 0 Å². The lowest BCUT2D eigenvalue weighted by atomic mass is 10.0. The van der Waals surface area contributed by atoms with Gasteiger partial charge in [-0.25, -0.2) is 4.39 Å². The number of halogens is 2. The highest BCUT2D eigenvalue weighted by molar-refractivity contribution is 6.31. The molecule has 0 bridgehead atoms. The second-order valence-electron chi connectivity index (χ2n) is 7.95. The highest BCUT2D eigenvalue weighted by Crippen LogP contribution is 2.22. The largest absolute Gasteiger partial charge is 0.354 e. The molecule has 2 aromatic rings. The van der Waals surface area contributed by atoms with E-state index in [1.54, 1.807) is 6.07 Å². The van der Waals surface area contributed by atoms with Gasteiger partial charge < -0.3 is 10.2 Å². The first kappa shape index (κ1) is 23.9. The van der Waals surface area contributed by atoms with Crippen LogP contribution in [0.3, 0.4) is 0 Å². The third-order valence-corrected chi connectivity index (χ3v) is 5.25. The number of benzene rings is 2. The van der Waals surface area contributed by atoms with Gasteiger partial charge in [0, 0.05) is 23.7 Å². The van der Waals surface area contributed by atoms with Gasteiger partial charge in [0.05, 0.1) is 6.42 Å². The Morgan fingerprint density at radius 1 is 1.17 bits per heavy atom. The number of nitrogens with zero attached hydrogens (tertiary/aromatic N) is 1. The highest BCUT2D eigenvalue weighted by atomic mass is 35.5. The molecule has 0 aliphatic carbocycles. The van der Waals surface area contributed by atoms with Crippen molar-refractivity contribution in [2.45, 2.75) is 53.1 Å². The Balaban J connectivity index is 2.33. The molecule has 2 rings (SSSR count). The van der Waals surface area contributed by atoms with Gasteiger partial charge in [0.15, 0.2) is 0 Å². The molecular formula is C24H30ClFN2O2. The molecule has 0 fully saturated rings. The zero-order chi connectivity index (χ0) is 22.3. The van der Waals surface area contributed by atoms with Crippen molar-refractivity contribution in [2.24, 2.45) is 5.92 Å². The van der Waals surface area contributed by atoms with E-state index in [0.29, 0.717) is 18.9 Å². The zero-order valence-corrected chi connectivity index (χ0v) is 18.8. The van der Waals surface area contributed by atoms with E-state index in [1.165, 1.54) is 17.0 Å². The molecule has 6 heteroatoms. The summed E-state index contributed by atoms with van der Waals surface area (Å²) in [6, 6.07) is 11.5. The van der Waals surface area contributed by atoms with E-state index >= 15 is 0 Å². The molecule has 0 radical (unpaired) electrons. The first-order valence-electron chi connectivity index (χ1n) is 10.3. The Morgan fingerprint density at radius 3 is 2.47 bits per heavy atom. The molecule has 0 saturated carbocycles. The van der Waals surface area contributed by atoms with Crippen LogP contribution in [-0.2, 0) is 22.6 Å². The highest BCUT2D eigenvalue weighted by Gasteiger charge is 2.29. The number of nitrogens with one attached hydrogen (secondary N) is 1. The number of hydrogen-bond donors (Lipinski definition) is 1. The van der Waals surface area contributed by atoms with E-state index in [2.05, 4.69) is 5.32 Å². The molecule has 0 heterocycles. The fraction of sp³-hybridized carbons (Fsp3) is 0.417. The SMILES string of the molecule is CC[C@@H](C(=O)NCC(C)C)N(Cc1cccc(C)c1)C(=O)Cc1c(F)cccc1Cl. The van der Waals surface area contributed by atoms with E-state index in [1.807, 2.05) is 52.0 Å². The summed E-state index contributed by atoms with van der Waals surface area (Å²) in [4.78, 5) is 27.7.